The van der Waals surface area contributed by atoms with Crippen molar-refractivity contribution in [3.8, 4) is 0 Å². The van der Waals surface area contributed by atoms with E-state index in [1.165, 1.54) is 0 Å². The number of nitrogens with one attached hydrogen (secondary N) is 1. The minimum Gasteiger partial charge on any atom is -0.466 e. The van der Waals surface area contributed by atoms with Crippen LogP contribution in [0.3, 0.4) is 0 Å². The molecule has 4 heteroatoms. The van der Waals surface area contributed by atoms with E-state index in [9.17, 15) is 4.79 Å². The molecule has 0 aromatic heterocycles. The molecule has 1 aliphatic rings. The summed E-state index contributed by atoms with van der Waals surface area (Å²) >= 11 is 5.97. The quantitative estimate of drug-likeness (QED) is 0.847. The van der Waals surface area contributed by atoms with Crippen LogP contribution in [0.15, 0.2) is 18.2 Å². The molecule has 2 atom stereocenters. The summed E-state index contributed by atoms with van der Waals surface area (Å²) in [6, 6.07) is 6.18. The highest BCUT2D eigenvalue weighted by atomic mass is 35.5. The standard InChI is InChI=1S/C16H22ClNO2/c1-3-20-16(19)12-5-4-6-14(10-12)18-15-8-7-13(17)9-11(15)2/h7-9,12,14,18H,3-6,10H2,1-2H3. The summed E-state index contributed by atoms with van der Waals surface area (Å²) in [5, 5.41) is 4.29. The molecule has 0 amide bonds. The third-order valence-electron chi connectivity index (χ3n) is 3.84. The molecule has 1 N–H and O–H groups in total. The Morgan fingerprint density at radius 3 is 2.95 bits per heavy atom. The van der Waals surface area contributed by atoms with Gasteiger partial charge in [-0.15, -0.1) is 0 Å². The van der Waals surface area contributed by atoms with Gasteiger partial charge in [-0.05, 0) is 56.9 Å². The minimum absolute atomic E-state index is 0.0359. The van der Waals surface area contributed by atoms with Crippen LogP contribution in [0.25, 0.3) is 0 Å². The molecule has 1 aromatic rings. The van der Waals surface area contributed by atoms with E-state index in [4.69, 9.17) is 16.3 Å². The molecular formula is C16H22ClNO2. The second-order valence-corrected chi connectivity index (χ2v) is 5.85. The van der Waals surface area contributed by atoms with Crippen molar-refractivity contribution in [3.05, 3.63) is 28.8 Å². The second-order valence-electron chi connectivity index (χ2n) is 5.42. The summed E-state index contributed by atoms with van der Waals surface area (Å²) in [6.45, 7) is 4.36. The molecule has 0 spiro atoms. The first-order chi connectivity index (χ1) is 9.60. The summed E-state index contributed by atoms with van der Waals surface area (Å²) in [4.78, 5) is 11.8. The summed E-state index contributed by atoms with van der Waals surface area (Å²) in [5.41, 5.74) is 2.24. The molecule has 20 heavy (non-hydrogen) atoms. The summed E-state index contributed by atoms with van der Waals surface area (Å²) in [7, 11) is 0. The zero-order valence-corrected chi connectivity index (χ0v) is 12.9. The molecule has 2 rings (SSSR count). The summed E-state index contributed by atoms with van der Waals surface area (Å²) < 4.78 is 5.14. The first-order valence-electron chi connectivity index (χ1n) is 7.29. The lowest BCUT2D eigenvalue weighted by atomic mass is 9.85. The van der Waals surface area contributed by atoms with E-state index in [-0.39, 0.29) is 11.9 Å². The largest absolute Gasteiger partial charge is 0.466 e. The smallest absolute Gasteiger partial charge is 0.308 e. The fourth-order valence-corrected chi connectivity index (χ4v) is 3.03. The van der Waals surface area contributed by atoms with E-state index in [2.05, 4.69) is 5.32 Å². The first-order valence-corrected chi connectivity index (χ1v) is 7.67. The van der Waals surface area contributed by atoms with Crippen molar-refractivity contribution < 1.29 is 9.53 Å². The third kappa shape index (κ3) is 3.89. The monoisotopic (exact) mass is 295 g/mol. The van der Waals surface area contributed by atoms with Crippen molar-refractivity contribution in [2.75, 3.05) is 11.9 Å². The van der Waals surface area contributed by atoms with E-state index >= 15 is 0 Å². The van der Waals surface area contributed by atoms with Crippen molar-refractivity contribution in [1.29, 1.82) is 0 Å². The molecule has 0 saturated heterocycles. The zero-order chi connectivity index (χ0) is 14.5. The van der Waals surface area contributed by atoms with Gasteiger partial charge in [-0.1, -0.05) is 18.0 Å². The van der Waals surface area contributed by atoms with Crippen molar-refractivity contribution in [1.82, 2.24) is 0 Å². The Bertz CT molecular complexity index is 476. The first kappa shape index (κ1) is 15.2. The number of ether oxygens (including phenoxy) is 1. The minimum atomic E-state index is -0.0492. The molecule has 1 aromatic carbocycles. The van der Waals surface area contributed by atoms with Crippen LogP contribution in [0.5, 0.6) is 0 Å². The second kappa shape index (κ2) is 6.98. The number of halogens is 1. The normalized spacial score (nSPS) is 22.4. The van der Waals surface area contributed by atoms with Crippen molar-refractivity contribution >= 4 is 23.3 Å². The van der Waals surface area contributed by atoms with Crippen LogP contribution < -0.4 is 5.32 Å². The molecule has 1 fully saturated rings. The number of carbonyl (C=O) groups excluding carboxylic acids is 1. The Hall–Kier alpha value is -1.22. The lowest BCUT2D eigenvalue weighted by molar-refractivity contribution is -0.149. The van der Waals surface area contributed by atoms with Crippen LogP contribution >= 0.6 is 11.6 Å². The van der Waals surface area contributed by atoms with E-state index < -0.39 is 0 Å². The summed E-state index contributed by atoms with van der Waals surface area (Å²) in [6.07, 6.45) is 3.95. The highest BCUT2D eigenvalue weighted by Gasteiger charge is 2.28. The van der Waals surface area contributed by atoms with Gasteiger partial charge in [-0.2, -0.15) is 0 Å². The molecule has 110 valence electrons. The van der Waals surface area contributed by atoms with E-state index in [1.54, 1.807) is 0 Å². The lowest BCUT2D eigenvalue weighted by Crippen LogP contribution is -2.32. The number of rotatable bonds is 4. The number of hydrogen-bond acceptors (Lipinski definition) is 3. The number of esters is 1. The molecule has 1 aliphatic carbocycles. The molecule has 0 radical (unpaired) electrons. The SMILES string of the molecule is CCOC(=O)C1CCCC(Nc2ccc(Cl)cc2C)C1. The van der Waals surface area contributed by atoms with E-state index in [0.717, 1.165) is 42.0 Å². The topological polar surface area (TPSA) is 38.3 Å². The Morgan fingerprint density at radius 1 is 1.45 bits per heavy atom. The van der Waals surface area contributed by atoms with Crippen LogP contribution in [0.4, 0.5) is 5.69 Å². The van der Waals surface area contributed by atoms with Gasteiger partial charge in [-0.3, -0.25) is 4.79 Å². The van der Waals surface area contributed by atoms with Gasteiger partial charge in [0, 0.05) is 16.8 Å². The molecule has 0 heterocycles. The Morgan fingerprint density at radius 2 is 2.25 bits per heavy atom. The lowest BCUT2D eigenvalue weighted by Gasteiger charge is -2.29. The van der Waals surface area contributed by atoms with Gasteiger partial charge in [0.2, 0.25) is 0 Å². The van der Waals surface area contributed by atoms with Crippen molar-refractivity contribution in [2.24, 2.45) is 5.92 Å². The predicted molar refractivity (Wildman–Crippen MR) is 82.2 cm³/mol. The van der Waals surface area contributed by atoms with Crippen LogP contribution in [0.2, 0.25) is 5.02 Å². The van der Waals surface area contributed by atoms with Crippen LogP contribution in [0, 0.1) is 12.8 Å². The highest BCUT2D eigenvalue weighted by Crippen LogP contribution is 2.29. The molecule has 0 aliphatic heterocycles. The molecular weight excluding hydrogens is 274 g/mol. The van der Waals surface area contributed by atoms with Crippen molar-refractivity contribution in [3.63, 3.8) is 0 Å². The Kier molecular flexibility index (Phi) is 5.30. The highest BCUT2D eigenvalue weighted by molar-refractivity contribution is 6.30. The van der Waals surface area contributed by atoms with Crippen molar-refractivity contribution in [2.45, 2.75) is 45.6 Å². The number of carbonyl (C=O) groups is 1. The molecule has 1 saturated carbocycles. The van der Waals surface area contributed by atoms with Gasteiger partial charge in [0.25, 0.3) is 0 Å². The van der Waals surface area contributed by atoms with Crippen LogP contribution in [0.1, 0.15) is 38.2 Å². The van der Waals surface area contributed by atoms with Gasteiger partial charge in [0.1, 0.15) is 0 Å². The van der Waals surface area contributed by atoms with E-state index in [0.29, 0.717) is 12.6 Å². The van der Waals surface area contributed by atoms with Gasteiger partial charge >= 0.3 is 5.97 Å². The maximum Gasteiger partial charge on any atom is 0.308 e. The average molecular weight is 296 g/mol. The number of anilines is 1. The van der Waals surface area contributed by atoms with Crippen LogP contribution in [-0.4, -0.2) is 18.6 Å². The number of hydrogen-bond donors (Lipinski definition) is 1. The Balaban J connectivity index is 1.97. The number of aryl methyl sites for hydroxylation is 1. The predicted octanol–water partition coefficient (Wildman–Crippen LogP) is 4.18. The van der Waals surface area contributed by atoms with E-state index in [1.807, 2.05) is 32.0 Å². The number of benzene rings is 1. The third-order valence-corrected chi connectivity index (χ3v) is 4.08. The van der Waals surface area contributed by atoms with Gasteiger partial charge in [0.15, 0.2) is 0 Å². The average Bonchev–Trinajstić information content (AvgIpc) is 2.43. The molecule has 2 unspecified atom stereocenters. The zero-order valence-electron chi connectivity index (χ0n) is 12.1. The maximum atomic E-state index is 11.8. The van der Waals surface area contributed by atoms with Gasteiger partial charge < -0.3 is 10.1 Å². The van der Waals surface area contributed by atoms with Gasteiger partial charge in [0.05, 0.1) is 12.5 Å². The molecule has 0 bridgehead atoms. The van der Waals surface area contributed by atoms with Crippen LogP contribution in [-0.2, 0) is 9.53 Å². The molecule has 3 nitrogen and oxygen atoms in total. The fraction of sp³-hybridized carbons (Fsp3) is 0.562. The Labute approximate surface area is 125 Å². The van der Waals surface area contributed by atoms with Gasteiger partial charge in [-0.25, -0.2) is 0 Å². The fourth-order valence-electron chi connectivity index (χ4n) is 2.80. The maximum absolute atomic E-state index is 11.8. The summed E-state index contributed by atoms with van der Waals surface area (Å²) in [5.74, 6) is -0.0133.